The molecule has 17 heavy (non-hydrogen) atoms. The van der Waals surface area contributed by atoms with Gasteiger partial charge in [-0.05, 0) is 18.2 Å². The molecule has 1 aromatic rings. The minimum atomic E-state index is 0.281. The Labute approximate surface area is 105 Å². The fourth-order valence-corrected chi connectivity index (χ4v) is 2.97. The predicted octanol–water partition coefficient (Wildman–Crippen LogP) is 1.97. The van der Waals surface area contributed by atoms with Gasteiger partial charge in [0.25, 0.3) is 0 Å². The monoisotopic (exact) mass is 255 g/mol. The highest BCUT2D eigenvalue weighted by Gasteiger charge is 2.19. The van der Waals surface area contributed by atoms with Crippen molar-refractivity contribution < 1.29 is 14.3 Å². The third-order valence-corrected chi connectivity index (χ3v) is 3.82. The van der Waals surface area contributed by atoms with Gasteiger partial charge in [-0.15, -0.1) is 0 Å². The van der Waals surface area contributed by atoms with E-state index < -0.39 is 0 Å². The van der Waals surface area contributed by atoms with Crippen molar-refractivity contribution in [2.45, 2.75) is 19.1 Å². The molecular formula is C12H17NO3S. The van der Waals surface area contributed by atoms with Gasteiger partial charge in [-0.3, -0.25) is 4.84 Å². The second-order valence-corrected chi connectivity index (χ2v) is 5.01. The molecule has 1 heterocycles. The number of ether oxygens (including phenoxy) is 2. The standard InChI is InChI=1S/C12H17NO3S/c1-14-12-9(7-15-13)3-2-4-11(12)16-10-5-6-17-8-10/h2-4,10H,5-8,13H2,1H3. The van der Waals surface area contributed by atoms with E-state index in [-0.39, 0.29) is 6.10 Å². The molecule has 2 rings (SSSR count). The molecule has 2 N–H and O–H groups in total. The highest BCUT2D eigenvalue weighted by Crippen LogP contribution is 2.34. The molecule has 1 fully saturated rings. The molecule has 1 atom stereocenters. The lowest BCUT2D eigenvalue weighted by Crippen LogP contribution is -2.15. The van der Waals surface area contributed by atoms with Gasteiger partial charge in [0, 0.05) is 11.3 Å². The largest absolute Gasteiger partial charge is 0.492 e. The Bertz CT molecular complexity index is 367. The molecule has 1 aliphatic heterocycles. The summed E-state index contributed by atoms with van der Waals surface area (Å²) in [6, 6.07) is 5.76. The summed E-state index contributed by atoms with van der Waals surface area (Å²) in [7, 11) is 1.63. The molecule has 0 aromatic heterocycles. The predicted molar refractivity (Wildman–Crippen MR) is 68.3 cm³/mol. The maximum absolute atomic E-state index is 5.94. The molecule has 0 saturated carbocycles. The molecular weight excluding hydrogens is 238 g/mol. The lowest BCUT2D eigenvalue weighted by Gasteiger charge is -2.17. The fraction of sp³-hybridized carbons (Fsp3) is 0.500. The van der Waals surface area contributed by atoms with E-state index in [2.05, 4.69) is 4.84 Å². The fourth-order valence-electron chi connectivity index (χ4n) is 1.87. The SMILES string of the molecule is COc1c(CON)cccc1OC1CCSC1. The second kappa shape index (κ2) is 6.14. The van der Waals surface area contributed by atoms with Crippen molar-refractivity contribution >= 4 is 11.8 Å². The summed E-state index contributed by atoms with van der Waals surface area (Å²) in [4.78, 5) is 4.66. The van der Waals surface area contributed by atoms with Crippen LogP contribution in [0.25, 0.3) is 0 Å². The number of thioether (sulfide) groups is 1. The van der Waals surface area contributed by atoms with Crippen LogP contribution in [-0.2, 0) is 11.4 Å². The third kappa shape index (κ3) is 3.06. The van der Waals surface area contributed by atoms with Crippen LogP contribution < -0.4 is 15.4 Å². The Kier molecular flexibility index (Phi) is 4.53. The lowest BCUT2D eigenvalue weighted by atomic mass is 10.2. The summed E-state index contributed by atoms with van der Waals surface area (Å²) in [5, 5.41) is 0. The van der Waals surface area contributed by atoms with E-state index in [0.717, 1.165) is 29.2 Å². The van der Waals surface area contributed by atoms with Crippen molar-refractivity contribution in [3.8, 4) is 11.5 Å². The summed E-state index contributed by atoms with van der Waals surface area (Å²) >= 11 is 1.92. The minimum absolute atomic E-state index is 0.281. The number of benzene rings is 1. The highest BCUT2D eigenvalue weighted by atomic mass is 32.2. The average molecular weight is 255 g/mol. The van der Waals surface area contributed by atoms with E-state index in [9.17, 15) is 0 Å². The summed E-state index contributed by atoms with van der Waals surface area (Å²) in [6.45, 7) is 0.319. The topological polar surface area (TPSA) is 53.7 Å². The first-order valence-electron chi connectivity index (χ1n) is 5.57. The normalized spacial score (nSPS) is 19.3. The van der Waals surface area contributed by atoms with Gasteiger partial charge in [-0.25, -0.2) is 5.90 Å². The minimum Gasteiger partial charge on any atom is -0.492 e. The van der Waals surface area contributed by atoms with Crippen LogP contribution in [-0.4, -0.2) is 24.7 Å². The Morgan fingerprint density at radius 2 is 2.35 bits per heavy atom. The second-order valence-electron chi connectivity index (χ2n) is 3.86. The van der Waals surface area contributed by atoms with Gasteiger partial charge in [-0.1, -0.05) is 12.1 Å². The van der Waals surface area contributed by atoms with Crippen molar-refractivity contribution in [1.82, 2.24) is 0 Å². The molecule has 4 nitrogen and oxygen atoms in total. The van der Waals surface area contributed by atoms with Crippen LogP contribution in [0.5, 0.6) is 11.5 Å². The Morgan fingerprint density at radius 3 is 3.00 bits per heavy atom. The zero-order valence-corrected chi connectivity index (χ0v) is 10.7. The van der Waals surface area contributed by atoms with Crippen LogP contribution in [0, 0.1) is 0 Å². The molecule has 0 amide bonds. The maximum atomic E-state index is 5.94. The van der Waals surface area contributed by atoms with Crippen LogP contribution in [0.3, 0.4) is 0 Å². The van der Waals surface area contributed by atoms with E-state index in [4.69, 9.17) is 15.4 Å². The van der Waals surface area contributed by atoms with E-state index in [1.807, 2.05) is 30.0 Å². The first kappa shape index (κ1) is 12.5. The van der Waals surface area contributed by atoms with E-state index in [0.29, 0.717) is 6.61 Å². The molecule has 5 heteroatoms. The number of hydrogen-bond acceptors (Lipinski definition) is 5. The van der Waals surface area contributed by atoms with Crippen molar-refractivity contribution in [2.24, 2.45) is 5.90 Å². The van der Waals surface area contributed by atoms with Gasteiger partial charge < -0.3 is 9.47 Å². The third-order valence-electron chi connectivity index (χ3n) is 2.68. The molecule has 0 bridgehead atoms. The van der Waals surface area contributed by atoms with Crippen LogP contribution in [0.1, 0.15) is 12.0 Å². The quantitative estimate of drug-likeness (QED) is 0.815. The summed E-state index contributed by atoms with van der Waals surface area (Å²) in [5.74, 6) is 8.80. The maximum Gasteiger partial charge on any atom is 0.166 e. The van der Waals surface area contributed by atoms with Gasteiger partial charge >= 0.3 is 0 Å². The molecule has 0 aliphatic carbocycles. The van der Waals surface area contributed by atoms with E-state index in [1.165, 1.54) is 5.75 Å². The van der Waals surface area contributed by atoms with Gasteiger partial charge in [-0.2, -0.15) is 11.8 Å². The molecule has 94 valence electrons. The Morgan fingerprint density at radius 1 is 1.47 bits per heavy atom. The smallest absolute Gasteiger partial charge is 0.166 e. The molecule has 0 radical (unpaired) electrons. The van der Waals surface area contributed by atoms with Gasteiger partial charge in [0.2, 0.25) is 0 Å². The zero-order chi connectivity index (χ0) is 12.1. The number of para-hydroxylation sites is 1. The Hall–Kier alpha value is -0.910. The molecule has 1 unspecified atom stereocenters. The number of methoxy groups -OCH3 is 1. The first-order valence-corrected chi connectivity index (χ1v) is 6.72. The molecule has 1 aromatic carbocycles. The zero-order valence-electron chi connectivity index (χ0n) is 9.85. The number of nitrogens with two attached hydrogens (primary N) is 1. The summed E-state index contributed by atoms with van der Waals surface area (Å²) in [6.07, 6.45) is 1.37. The van der Waals surface area contributed by atoms with Crippen LogP contribution in [0.2, 0.25) is 0 Å². The number of hydrogen-bond donors (Lipinski definition) is 1. The molecule has 1 aliphatic rings. The van der Waals surface area contributed by atoms with Crippen LogP contribution >= 0.6 is 11.8 Å². The van der Waals surface area contributed by atoms with E-state index in [1.54, 1.807) is 7.11 Å². The molecule has 1 saturated heterocycles. The first-order chi connectivity index (χ1) is 8.35. The van der Waals surface area contributed by atoms with Crippen molar-refractivity contribution in [3.05, 3.63) is 23.8 Å². The van der Waals surface area contributed by atoms with Crippen molar-refractivity contribution in [2.75, 3.05) is 18.6 Å². The van der Waals surface area contributed by atoms with Crippen molar-refractivity contribution in [1.29, 1.82) is 0 Å². The number of rotatable bonds is 5. The van der Waals surface area contributed by atoms with Crippen molar-refractivity contribution in [3.63, 3.8) is 0 Å². The van der Waals surface area contributed by atoms with Gasteiger partial charge in [0.05, 0.1) is 13.7 Å². The molecule has 0 spiro atoms. The summed E-state index contributed by atoms with van der Waals surface area (Å²) in [5.41, 5.74) is 0.901. The lowest BCUT2D eigenvalue weighted by molar-refractivity contribution is 0.121. The Balaban J connectivity index is 2.16. The van der Waals surface area contributed by atoms with Crippen LogP contribution in [0.15, 0.2) is 18.2 Å². The van der Waals surface area contributed by atoms with Gasteiger partial charge in [0.1, 0.15) is 6.10 Å². The van der Waals surface area contributed by atoms with E-state index >= 15 is 0 Å². The summed E-state index contributed by atoms with van der Waals surface area (Å²) < 4.78 is 11.3. The average Bonchev–Trinajstić information content (AvgIpc) is 2.83. The van der Waals surface area contributed by atoms with Crippen LogP contribution in [0.4, 0.5) is 0 Å². The highest BCUT2D eigenvalue weighted by molar-refractivity contribution is 7.99. The van der Waals surface area contributed by atoms with Gasteiger partial charge in [0.15, 0.2) is 11.5 Å².